The third-order valence-corrected chi connectivity index (χ3v) is 2.52. The van der Waals surface area contributed by atoms with Crippen LogP contribution in [0.25, 0.3) is 0 Å². The van der Waals surface area contributed by atoms with Gasteiger partial charge in [0.1, 0.15) is 5.82 Å². The van der Waals surface area contributed by atoms with E-state index in [0.717, 1.165) is 24.5 Å². The Hall–Kier alpha value is -1.13. The van der Waals surface area contributed by atoms with Gasteiger partial charge in [-0.2, -0.15) is 0 Å². The van der Waals surface area contributed by atoms with Gasteiger partial charge in [0.25, 0.3) is 0 Å². The van der Waals surface area contributed by atoms with Gasteiger partial charge in [-0.25, -0.2) is 4.98 Å². The van der Waals surface area contributed by atoms with Gasteiger partial charge in [-0.05, 0) is 25.5 Å². The molecule has 1 N–H and O–H groups in total. The van der Waals surface area contributed by atoms with Gasteiger partial charge >= 0.3 is 0 Å². The van der Waals surface area contributed by atoms with Gasteiger partial charge in [0.2, 0.25) is 0 Å². The monoisotopic (exact) mass is 224 g/mol. The first-order chi connectivity index (χ1) is 7.69. The van der Waals surface area contributed by atoms with Crippen molar-refractivity contribution < 1.29 is 9.84 Å². The van der Waals surface area contributed by atoms with Crippen molar-refractivity contribution in [1.29, 1.82) is 0 Å². The summed E-state index contributed by atoms with van der Waals surface area (Å²) in [5.41, 5.74) is 0.839. The fourth-order valence-corrected chi connectivity index (χ4v) is 1.47. The van der Waals surface area contributed by atoms with Crippen LogP contribution in [0.4, 0.5) is 5.82 Å². The zero-order valence-corrected chi connectivity index (χ0v) is 10.2. The largest absolute Gasteiger partial charge is 0.389 e. The number of aliphatic hydroxyl groups excluding tert-OH is 1. The standard InChI is InChI=1S/C12H20N2O2/c1-4-14(7-8-16-3)12-6-5-11(9-13-12)10(2)15/h5-6,9-10,15H,4,7-8H2,1-3H3/t10-/m0/s1. The summed E-state index contributed by atoms with van der Waals surface area (Å²) in [4.78, 5) is 6.47. The van der Waals surface area contributed by atoms with Crippen molar-refractivity contribution in [2.24, 2.45) is 0 Å². The highest BCUT2D eigenvalue weighted by molar-refractivity contribution is 5.39. The molecule has 0 aromatic carbocycles. The Morgan fingerprint density at radius 2 is 2.25 bits per heavy atom. The molecule has 0 saturated heterocycles. The lowest BCUT2D eigenvalue weighted by molar-refractivity contribution is 0.198. The Bertz CT molecular complexity index is 298. The lowest BCUT2D eigenvalue weighted by Crippen LogP contribution is -2.27. The summed E-state index contributed by atoms with van der Waals surface area (Å²) in [5, 5.41) is 9.38. The molecule has 4 heteroatoms. The lowest BCUT2D eigenvalue weighted by atomic mass is 10.2. The van der Waals surface area contributed by atoms with Crippen LogP contribution in [0.2, 0.25) is 0 Å². The predicted molar refractivity (Wildman–Crippen MR) is 64.6 cm³/mol. The molecule has 1 heterocycles. The molecular weight excluding hydrogens is 204 g/mol. The third kappa shape index (κ3) is 3.47. The summed E-state index contributed by atoms with van der Waals surface area (Å²) in [6.45, 7) is 6.23. The number of hydrogen-bond acceptors (Lipinski definition) is 4. The van der Waals surface area contributed by atoms with Gasteiger partial charge in [-0.3, -0.25) is 0 Å². The summed E-state index contributed by atoms with van der Waals surface area (Å²) in [6.07, 6.45) is 1.26. The number of anilines is 1. The van der Waals surface area contributed by atoms with E-state index in [-0.39, 0.29) is 0 Å². The number of ether oxygens (including phenoxy) is 1. The van der Waals surface area contributed by atoms with Crippen molar-refractivity contribution in [3.63, 3.8) is 0 Å². The maximum atomic E-state index is 9.38. The number of methoxy groups -OCH3 is 1. The number of hydrogen-bond donors (Lipinski definition) is 1. The van der Waals surface area contributed by atoms with E-state index in [2.05, 4.69) is 16.8 Å². The summed E-state index contributed by atoms with van der Waals surface area (Å²) >= 11 is 0. The molecule has 0 fully saturated rings. The molecule has 1 rings (SSSR count). The maximum absolute atomic E-state index is 9.38. The van der Waals surface area contributed by atoms with E-state index in [1.54, 1.807) is 20.2 Å². The number of rotatable bonds is 6. The molecule has 1 aromatic rings. The Morgan fingerprint density at radius 1 is 1.50 bits per heavy atom. The summed E-state index contributed by atoms with van der Waals surface area (Å²) < 4.78 is 5.05. The van der Waals surface area contributed by atoms with E-state index < -0.39 is 6.10 Å². The maximum Gasteiger partial charge on any atom is 0.128 e. The molecular formula is C12H20N2O2. The van der Waals surface area contributed by atoms with Gasteiger partial charge in [0.05, 0.1) is 12.7 Å². The third-order valence-electron chi connectivity index (χ3n) is 2.52. The van der Waals surface area contributed by atoms with Crippen LogP contribution in [0.15, 0.2) is 18.3 Å². The summed E-state index contributed by atoms with van der Waals surface area (Å²) in [7, 11) is 1.69. The van der Waals surface area contributed by atoms with Gasteiger partial charge in [0.15, 0.2) is 0 Å². The number of pyridine rings is 1. The number of nitrogens with zero attached hydrogens (tertiary/aromatic N) is 2. The Kier molecular flexibility index (Phi) is 5.22. The molecule has 4 nitrogen and oxygen atoms in total. The molecule has 0 aliphatic rings. The van der Waals surface area contributed by atoms with Crippen LogP contribution in [0.1, 0.15) is 25.5 Å². The molecule has 0 amide bonds. The van der Waals surface area contributed by atoms with E-state index in [1.165, 1.54) is 0 Å². The first-order valence-corrected chi connectivity index (χ1v) is 5.57. The van der Waals surface area contributed by atoms with Gasteiger partial charge in [-0.15, -0.1) is 0 Å². The minimum atomic E-state index is -0.462. The molecule has 16 heavy (non-hydrogen) atoms. The predicted octanol–water partition coefficient (Wildman–Crippen LogP) is 1.61. The fraction of sp³-hybridized carbons (Fsp3) is 0.583. The normalized spacial score (nSPS) is 12.5. The van der Waals surface area contributed by atoms with E-state index >= 15 is 0 Å². The Morgan fingerprint density at radius 3 is 2.69 bits per heavy atom. The Balaban J connectivity index is 2.70. The fourth-order valence-electron chi connectivity index (χ4n) is 1.47. The first-order valence-electron chi connectivity index (χ1n) is 5.57. The van der Waals surface area contributed by atoms with Crippen molar-refractivity contribution in [3.8, 4) is 0 Å². The minimum absolute atomic E-state index is 0.462. The molecule has 0 spiro atoms. The molecule has 0 saturated carbocycles. The quantitative estimate of drug-likeness (QED) is 0.797. The second kappa shape index (κ2) is 6.45. The van der Waals surface area contributed by atoms with E-state index in [4.69, 9.17) is 4.74 Å². The van der Waals surface area contributed by atoms with Crippen LogP contribution in [-0.4, -0.2) is 36.9 Å². The molecule has 1 aromatic heterocycles. The summed E-state index contributed by atoms with van der Waals surface area (Å²) in [6, 6.07) is 3.84. The first kappa shape index (κ1) is 12.9. The topological polar surface area (TPSA) is 45.6 Å². The number of likely N-dealkylation sites (N-methyl/N-ethyl adjacent to an activating group) is 1. The SMILES string of the molecule is CCN(CCOC)c1ccc([C@H](C)O)cn1. The lowest BCUT2D eigenvalue weighted by Gasteiger charge is -2.21. The average Bonchev–Trinajstić information content (AvgIpc) is 2.30. The van der Waals surface area contributed by atoms with Crippen molar-refractivity contribution >= 4 is 5.82 Å². The summed E-state index contributed by atoms with van der Waals surface area (Å²) in [5.74, 6) is 0.920. The average molecular weight is 224 g/mol. The second-order valence-electron chi connectivity index (χ2n) is 3.70. The number of aliphatic hydroxyl groups is 1. The van der Waals surface area contributed by atoms with Crippen LogP contribution in [-0.2, 0) is 4.74 Å². The van der Waals surface area contributed by atoms with Crippen LogP contribution < -0.4 is 4.90 Å². The van der Waals surface area contributed by atoms with Crippen LogP contribution in [0, 0.1) is 0 Å². The zero-order chi connectivity index (χ0) is 12.0. The van der Waals surface area contributed by atoms with E-state index in [1.807, 2.05) is 12.1 Å². The highest BCUT2D eigenvalue weighted by Crippen LogP contribution is 2.15. The van der Waals surface area contributed by atoms with Crippen molar-refractivity contribution in [2.75, 3.05) is 31.7 Å². The van der Waals surface area contributed by atoms with E-state index in [9.17, 15) is 5.11 Å². The minimum Gasteiger partial charge on any atom is -0.389 e. The van der Waals surface area contributed by atoms with Crippen molar-refractivity contribution in [3.05, 3.63) is 23.9 Å². The van der Waals surface area contributed by atoms with Crippen LogP contribution >= 0.6 is 0 Å². The van der Waals surface area contributed by atoms with Crippen molar-refractivity contribution in [2.45, 2.75) is 20.0 Å². The van der Waals surface area contributed by atoms with Crippen molar-refractivity contribution in [1.82, 2.24) is 4.98 Å². The number of aromatic nitrogens is 1. The Labute approximate surface area is 96.9 Å². The van der Waals surface area contributed by atoms with Crippen LogP contribution in [0.5, 0.6) is 0 Å². The van der Waals surface area contributed by atoms with Crippen LogP contribution in [0.3, 0.4) is 0 Å². The highest BCUT2D eigenvalue weighted by Gasteiger charge is 2.06. The zero-order valence-electron chi connectivity index (χ0n) is 10.2. The molecule has 1 atom stereocenters. The van der Waals surface area contributed by atoms with E-state index in [0.29, 0.717) is 6.61 Å². The molecule has 0 radical (unpaired) electrons. The highest BCUT2D eigenvalue weighted by atomic mass is 16.5. The molecule has 0 bridgehead atoms. The molecule has 0 aliphatic heterocycles. The van der Waals surface area contributed by atoms with Gasteiger partial charge in [0, 0.05) is 26.4 Å². The molecule has 0 unspecified atom stereocenters. The smallest absolute Gasteiger partial charge is 0.128 e. The van der Waals surface area contributed by atoms with Gasteiger partial charge < -0.3 is 14.7 Å². The molecule has 90 valence electrons. The molecule has 0 aliphatic carbocycles. The second-order valence-corrected chi connectivity index (χ2v) is 3.70. The van der Waals surface area contributed by atoms with Gasteiger partial charge in [-0.1, -0.05) is 6.07 Å².